The smallest absolute Gasteiger partial charge is 0.0568 e. The van der Waals surface area contributed by atoms with Crippen molar-refractivity contribution >= 4 is 0 Å². The molecule has 3 fully saturated rings. The molecule has 0 radical (unpaired) electrons. The largest absolute Gasteiger partial charge is 0.393 e. The van der Waals surface area contributed by atoms with Gasteiger partial charge in [-0.25, -0.2) is 0 Å². The molecular weight excluding hydrogens is 376 g/mol. The molecule has 4 rings (SSSR count). The number of hydrogen-bond acceptors (Lipinski definition) is 1. The summed E-state index contributed by atoms with van der Waals surface area (Å²) in [7, 11) is 0. The molecule has 31 heavy (non-hydrogen) atoms. The van der Waals surface area contributed by atoms with Crippen LogP contribution in [0.25, 0.3) is 0 Å². The molecule has 1 nitrogen and oxygen atoms in total. The highest BCUT2D eigenvalue weighted by Gasteiger charge is 2.56. The molecule has 176 valence electrons. The summed E-state index contributed by atoms with van der Waals surface area (Å²) in [4.78, 5) is 0. The summed E-state index contributed by atoms with van der Waals surface area (Å²) < 4.78 is 0. The average molecular weight is 427 g/mol. The van der Waals surface area contributed by atoms with Crippen LogP contribution in [0.5, 0.6) is 0 Å². The van der Waals surface area contributed by atoms with Gasteiger partial charge in [0.05, 0.1) is 6.10 Å². The topological polar surface area (TPSA) is 20.2 Å². The Morgan fingerprint density at radius 3 is 2.48 bits per heavy atom. The van der Waals surface area contributed by atoms with Gasteiger partial charge in [0.25, 0.3) is 0 Å². The molecule has 1 N–H and O–H groups in total. The Hall–Kier alpha value is -0.560. The van der Waals surface area contributed by atoms with Gasteiger partial charge in [-0.2, -0.15) is 0 Å². The van der Waals surface area contributed by atoms with Crippen LogP contribution in [0.4, 0.5) is 0 Å². The van der Waals surface area contributed by atoms with Crippen LogP contribution in [0.2, 0.25) is 0 Å². The maximum absolute atomic E-state index is 10.5. The monoisotopic (exact) mass is 426 g/mol. The van der Waals surface area contributed by atoms with E-state index in [9.17, 15) is 5.11 Å². The number of aliphatic hydroxyl groups excluding tert-OH is 1. The molecule has 0 amide bonds. The molecule has 0 aromatic rings. The van der Waals surface area contributed by atoms with Crippen molar-refractivity contribution in [2.45, 2.75) is 119 Å². The first kappa shape index (κ1) is 23.6. The third kappa shape index (κ3) is 3.79. The normalized spacial score (nSPS) is 44.2. The highest BCUT2D eigenvalue weighted by Crippen LogP contribution is 2.66. The second kappa shape index (κ2) is 8.66. The van der Waals surface area contributed by atoms with E-state index in [0.29, 0.717) is 22.7 Å². The van der Waals surface area contributed by atoms with Crippen LogP contribution in [0, 0.1) is 46.3 Å². The molecule has 0 aromatic carbocycles. The SMILES string of the molecule is CC=C(CC[C@@H](C)[C@H]1CCC2=C3CCC4C(C)C(O)CC[C@]4(C)[C@H]3CC[C@@]21C)C(C)C. The maximum Gasteiger partial charge on any atom is 0.0568 e. The summed E-state index contributed by atoms with van der Waals surface area (Å²) in [5.41, 5.74) is 6.36. The van der Waals surface area contributed by atoms with E-state index >= 15 is 0 Å². The van der Waals surface area contributed by atoms with Crippen LogP contribution >= 0.6 is 0 Å². The second-order valence-electron chi connectivity index (χ2n) is 12.8. The van der Waals surface area contributed by atoms with Crippen molar-refractivity contribution in [2.75, 3.05) is 0 Å². The van der Waals surface area contributed by atoms with Gasteiger partial charge in [0, 0.05) is 0 Å². The van der Waals surface area contributed by atoms with E-state index in [-0.39, 0.29) is 6.10 Å². The summed E-state index contributed by atoms with van der Waals surface area (Å²) in [6.07, 6.45) is 15.5. The zero-order valence-corrected chi connectivity index (χ0v) is 21.6. The first-order valence-electron chi connectivity index (χ1n) is 13.7. The van der Waals surface area contributed by atoms with Gasteiger partial charge in [0.1, 0.15) is 0 Å². The van der Waals surface area contributed by atoms with Gasteiger partial charge < -0.3 is 5.11 Å². The summed E-state index contributed by atoms with van der Waals surface area (Å²) in [5.74, 6) is 4.40. The van der Waals surface area contributed by atoms with E-state index in [1.54, 1.807) is 5.57 Å². The van der Waals surface area contributed by atoms with Crippen molar-refractivity contribution in [3.05, 3.63) is 22.8 Å². The van der Waals surface area contributed by atoms with Gasteiger partial charge in [0.15, 0.2) is 0 Å². The minimum absolute atomic E-state index is 0.0641. The molecule has 0 aliphatic heterocycles. The quantitative estimate of drug-likeness (QED) is 0.438. The Labute approximate surface area is 193 Å². The van der Waals surface area contributed by atoms with E-state index in [1.807, 2.05) is 11.1 Å². The van der Waals surface area contributed by atoms with Crippen molar-refractivity contribution in [3.8, 4) is 0 Å². The number of allylic oxidation sites excluding steroid dienone is 4. The van der Waals surface area contributed by atoms with Gasteiger partial charge >= 0.3 is 0 Å². The molecule has 8 atom stereocenters. The second-order valence-corrected chi connectivity index (χ2v) is 12.8. The zero-order valence-electron chi connectivity index (χ0n) is 21.6. The van der Waals surface area contributed by atoms with E-state index in [1.165, 1.54) is 57.8 Å². The Morgan fingerprint density at radius 2 is 1.81 bits per heavy atom. The van der Waals surface area contributed by atoms with Crippen LogP contribution in [0.1, 0.15) is 113 Å². The summed E-state index contributed by atoms with van der Waals surface area (Å²) in [6.45, 7) is 17.1. The van der Waals surface area contributed by atoms with Crippen LogP contribution in [-0.2, 0) is 0 Å². The van der Waals surface area contributed by atoms with E-state index in [2.05, 4.69) is 54.5 Å². The molecule has 0 spiro atoms. The van der Waals surface area contributed by atoms with Crippen molar-refractivity contribution in [1.29, 1.82) is 0 Å². The highest BCUT2D eigenvalue weighted by molar-refractivity contribution is 5.35. The first-order chi connectivity index (χ1) is 14.6. The summed E-state index contributed by atoms with van der Waals surface area (Å²) in [5, 5.41) is 10.5. The van der Waals surface area contributed by atoms with Crippen molar-refractivity contribution in [1.82, 2.24) is 0 Å². The lowest BCUT2D eigenvalue weighted by Gasteiger charge is -2.58. The number of hydrogen-bond donors (Lipinski definition) is 1. The highest BCUT2D eigenvalue weighted by atomic mass is 16.3. The maximum atomic E-state index is 10.5. The Kier molecular flexibility index (Phi) is 6.59. The van der Waals surface area contributed by atoms with Gasteiger partial charge in [-0.1, -0.05) is 64.3 Å². The lowest BCUT2D eigenvalue weighted by atomic mass is 9.47. The summed E-state index contributed by atoms with van der Waals surface area (Å²) >= 11 is 0. The predicted molar refractivity (Wildman–Crippen MR) is 133 cm³/mol. The molecule has 1 heteroatoms. The van der Waals surface area contributed by atoms with Crippen LogP contribution in [0.3, 0.4) is 0 Å². The Morgan fingerprint density at radius 1 is 1.06 bits per heavy atom. The molecule has 3 saturated carbocycles. The zero-order chi connectivity index (χ0) is 22.6. The number of aliphatic hydroxyl groups is 1. The predicted octanol–water partition coefficient (Wildman–Crippen LogP) is 8.34. The molecule has 3 unspecified atom stereocenters. The molecule has 0 heterocycles. The molecular formula is C30H50O. The molecule has 4 aliphatic rings. The van der Waals surface area contributed by atoms with E-state index in [0.717, 1.165) is 30.1 Å². The Balaban J connectivity index is 1.55. The van der Waals surface area contributed by atoms with E-state index < -0.39 is 0 Å². The minimum Gasteiger partial charge on any atom is -0.393 e. The van der Waals surface area contributed by atoms with Crippen molar-refractivity contribution in [3.63, 3.8) is 0 Å². The van der Waals surface area contributed by atoms with E-state index in [4.69, 9.17) is 0 Å². The lowest BCUT2D eigenvalue weighted by Crippen LogP contribution is -2.51. The van der Waals surface area contributed by atoms with Crippen LogP contribution in [0.15, 0.2) is 22.8 Å². The third-order valence-electron chi connectivity index (χ3n) is 11.2. The van der Waals surface area contributed by atoms with Gasteiger partial charge in [-0.05, 0) is 117 Å². The average Bonchev–Trinajstić information content (AvgIpc) is 3.08. The Bertz CT molecular complexity index is 729. The minimum atomic E-state index is -0.0641. The molecule has 0 saturated heterocycles. The van der Waals surface area contributed by atoms with Crippen molar-refractivity contribution in [2.24, 2.45) is 46.3 Å². The first-order valence-corrected chi connectivity index (χ1v) is 13.7. The summed E-state index contributed by atoms with van der Waals surface area (Å²) in [6, 6.07) is 0. The van der Waals surface area contributed by atoms with Crippen LogP contribution < -0.4 is 0 Å². The fourth-order valence-corrected chi connectivity index (χ4v) is 9.26. The fourth-order valence-electron chi connectivity index (χ4n) is 9.26. The fraction of sp³-hybridized carbons (Fsp3) is 0.867. The van der Waals surface area contributed by atoms with Gasteiger partial charge in [-0.15, -0.1) is 0 Å². The molecule has 0 aromatic heterocycles. The standard InChI is InChI=1S/C30H50O/c1-8-22(19(2)3)10-9-20(4)24-13-14-26-23-11-12-25-21(5)28(31)16-18-30(25,7)27(23)15-17-29(24,26)6/h8,19-21,24-25,27-28,31H,9-18H2,1-7H3/t20-,21?,24-,25?,27+,28?,29-,30+/m1/s1. The van der Waals surface area contributed by atoms with Gasteiger partial charge in [0.2, 0.25) is 0 Å². The van der Waals surface area contributed by atoms with Crippen LogP contribution in [-0.4, -0.2) is 11.2 Å². The third-order valence-corrected chi connectivity index (χ3v) is 11.2. The number of fused-ring (bicyclic) bond motifs is 4. The van der Waals surface area contributed by atoms with Gasteiger partial charge in [-0.3, -0.25) is 0 Å². The van der Waals surface area contributed by atoms with Crippen molar-refractivity contribution < 1.29 is 5.11 Å². The number of rotatable bonds is 5. The molecule has 4 aliphatic carbocycles. The lowest BCUT2D eigenvalue weighted by molar-refractivity contribution is -0.0779. The molecule has 0 bridgehead atoms.